The summed E-state index contributed by atoms with van der Waals surface area (Å²) in [5.74, 6) is 0. The van der Waals surface area contributed by atoms with E-state index in [2.05, 4.69) is 5.32 Å². The highest BCUT2D eigenvalue weighted by atomic mass is 35.5. The van der Waals surface area contributed by atoms with E-state index < -0.39 is 27.3 Å². The van der Waals surface area contributed by atoms with Crippen LogP contribution < -0.4 is 5.32 Å². The van der Waals surface area contributed by atoms with Crippen molar-refractivity contribution in [3.05, 3.63) is 29.3 Å². The molecule has 0 bridgehead atoms. The number of benzene rings is 1. The van der Waals surface area contributed by atoms with Gasteiger partial charge in [0.1, 0.15) is 0 Å². The highest BCUT2D eigenvalue weighted by Gasteiger charge is 2.36. The standard InChI is InChI=1S/C15H18F3N3O2S.ClH/c1-2-7-21(12-5-6-20-10-12)24(22,23)13-3-4-14(15(16,17)18)11(8-13)9-19;/h3-4,8,12,20H,2,5-7,10H2,1H3;1H. The summed E-state index contributed by atoms with van der Waals surface area (Å²) >= 11 is 0. The number of alkyl halides is 3. The SMILES string of the molecule is CCCN(C1CCNC1)S(=O)(=O)c1ccc(C(F)(F)F)c(C#N)c1.Cl. The van der Waals surface area contributed by atoms with Gasteiger partial charge in [0.2, 0.25) is 10.0 Å². The molecule has 2 rings (SSSR count). The Hall–Kier alpha value is -1.34. The number of nitriles is 1. The topological polar surface area (TPSA) is 73.2 Å². The van der Waals surface area contributed by atoms with Crippen LogP contribution in [0.3, 0.4) is 0 Å². The van der Waals surface area contributed by atoms with Crippen LogP contribution in [0.2, 0.25) is 0 Å². The fourth-order valence-corrected chi connectivity index (χ4v) is 4.54. The lowest BCUT2D eigenvalue weighted by Crippen LogP contribution is -2.42. The lowest BCUT2D eigenvalue weighted by atomic mass is 10.1. The Labute approximate surface area is 151 Å². The molecule has 0 spiro atoms. The Bertz CT molecular complexity index is 741. The molecule has 25 heavy (non-hydrogen) atoms. The summed E-state index contributed by atoms with van der Waals surface area (Å²) in [4.78, 5) is -0.285. The van der Waals surface area contributed by atoms with E-state index >= 15 is 0 Å². The summed E-state index contributed by atoms with van der Waals surface area (Å²) in [6, 6.07) is 3.59. The highest BCUT2D eigenvalue weighted by Crippen LogP contribution is 2.33. The van der Waals surface area contributed by atoms with Crippen LogP contribution >= 0.6 is 12.4 Å². The van der Waals surface area contributed by atoms with Crippen molar-refractivity contribution >= 4 is 22.4 Å². The Balaban J connectivity index is 0.00000312. The van der Waals surface area contributed by atoms with Gasteiger partial charge < -0.3 is 5.32 Å². The molecule has 140 valence electrons. The third kappa shape index (κ3) is 4.64. The second kappa shape index (κ2) is 8.36. The largest absolute Gasteiger partial charge is 0.417 e. The molecule has 1 heterocycles. The van der Waals surface area contributed by atoms with Crippen LogP contribution in [0.5, 0.6) is 0 Å². The summed E-state index contributed by atoms with van der Waals surface area (Å²) in [6.45, 7) is 3.30. The number of nitrogens with zero attached hydrogens (tertiary/aromatic N) is 2. The third-order valence-corrected chi connectivity index (χ3v) is 5.86. The van der Waals surface area contributed by atoms with E-state index in [1.807, 2.05) is 6.92 Å². The molecule has 5 nitrogen and oxygen atoms in total. The smallest absolute Gasteiger partial charge is 0.315 e. The maximum Gasteiger partial charge on any atom is 0.417 e. The normalized spacial score (nSPS) is 18.0. The third-order valence-electron chi connectivity index (χ3n) is 3.91. The average Bonchev–Trinajstić information content (AvgIpc) is 3.04. The van der Waals surface area contributed by atoms with Gasteiger partial charge in [-0.15, -0.1) is 12.4 Å². The number of nitrogens with one attached hydrogen (secondary N) is 1. The van der Waals surface area contributed by atoms with Crippen LogP contribution in [-0.4, -0.2) is 38.4 Å². The highest BCUT2D eigenvalue weighted by molar-refractivity contribution is 7.89. The van der Waals surface area contributed by atoms with Crippen molar-refractivity contribution in [1.82, 2.24) is 9.62 Å². The Morgan fingerprint density at radius 3 is 2.56 bits per heavy atom. The quantitative estimate of drug-likeness (QED) is 0.829. The molecule has 1 aromatic carbocycles. The lowest BCUT2D eigenvalue weighted by Gasteiger charge is -2.27. The summed E-state index contributed by atoms with van der Waals surface area (Å²) in [6.07, 6.45) is -3.47. The maximum absolute atomic E-state index is 12.9. The Morgan fingerprint density at radius 2 is 2.08 bits per heavy atom. The summed E-state index contributed by atoms with van der Waals surface area (Å²) < 4.78 is 65.6. The molecule has 0 amide bonds. The Morgan fingerprint density at radius 1 is 1.40 bits per heavy atom. The predicted molar refractivity (Wildman–Crippen MR) is 88.9 cm³/mol. The van der Waals surface area contributed by atoms with Crippen molar-refractivity contribution in [2.45, 2.75) is 36.9 Å². The van der Waals surface area contributed by atoms with Crippen molar-refractivity contribution in [2.24, 2.45) is 0 Å². The molecule has 0 aromatic heterocycles. The first-order valence-corrected chi connectivity index (χ1v) is 8.99. The molecule has 1 saturated heterocycles. The minimum absolute atomic E-state index is 0. The monoisotopic (exact) mass is 397 g/mol. The van der Waals surface area contributed by atoms with Crippen LogP contribution in [0.1, 0.15) is 30.9 Å². The van der Waals surface area contributed by atoms with Gasteiger partial charge in [-0.1, -0.05) is 6.92 Å². The van der Waals surface area contributed by atoms with Gasteiger partial charge in [0.05, 0.1) is 22.1 Å². The van der Waals surface area contributed by atoms with Gasteiger partial charge in [-0.25, -0.2) is 8.42 Å². The zero-order valence-electron chi connectivity index (χ0n) is 13.5. The zero-order valence-corrected chi connectivity index (χ0v) is 15.1. The van der Waals surface area contributed by atoms with Crippen LogP contribution in [0.4, 0.5) is 13.2 Å². The van der Waals surface area contributed by atoms with Gasteiger partial charge in [-0.05, 0) is 37.6 Å². The van der Waals surface area contributed by atoms with Crippen molar-refractivity contribution in [3.63, 3.8) is 0 Å². The van der Waals surface area contributed by atoms with Gasteiger partial charge in [0.25, 0.3) is 0 Å². The molecule has 1 N–H and O–H groups in total. The molecule has 1 aliphatic heterocycles. The molecular formula is C15H19ClF3N3O2S. The van der Waals surface area contributed by atoms with Crippen LogP contribution in [0, 0.1) is 11.3 Å². The van der Waals surface area contributed by atoms with Crippen LogP contribution in [0.15, 0.2) is 23.1 Å². The molecule has 1 aliphatic rings. The fraction of sp³-hybridized carbons (Fsp3) is 0.533. The minimum atomic E-state index is -4.70. The van der Waals surface area contributed by atoms with Crippen molar-refractivity contribution in [1.29, 1.82) is 5.26 Å². The summed E-state index contributed by atoms with van der Waals surface area (Å²) in [7, 11) is -3.97. The first-order valence-electron chi connectivity index (χ1n) is 7.55. The van der Waals surface area contributed by atoms with Crippen molar-refractivity contribution < 1.29 is 21.6 Å². The van der Waals surface area contributed by atoms with Crippen LogP contribution in [-0.2, 0) is 16.2 Å². The number of halogens is 4. The fourth-order valence-electron chi connectivity index (χ4n) is 2.76. The van der Waals surface area contributed by atoms with E-state index in [9.17, 15) is 21.6 Å². The number of hydrogen-bond donors (Lipinski definition) is 1. The summed E-state index contributed by atoms with van der Waals surface area (Å²) in [5, 5.41) is 12.0. The van der Waals surface area contributed by atoms with E-state index in [4.69, 9.17) is 5.26 Å². The van der Waals surface area contributed by atoms with E-state index in [1.54, 1.807) is 0 Å². The molecule has 0 saturated carbocycles. The molecule has 10 heteroatoms. The zero-order chi connectivity index (χ0) is 18.0. The Kier molecular flexibility index (Phi) is 7.26. The van der Waals surface area contributed by atoms with E-state index in [0.29, 0.717) is 32.0 Å². The molecule has 0 aliphatic carbocycles. The van der Waals surface area contributed by atoms with Gasteiger partial charge in [0.15, 0.2) is 0 Å². The first-order chi connectivity index (χ1) is 11.2. The second-order valence-corrected chi connectivity index (χ2v) is 7.47. The van der Waals surface area contributed by atoms with Gasteiger partial charge in [-0.3, -0.25) is 0 Å². The number of rotatable bonds is 5. The molecular weight excluding hydrogens is 379 g/mol. The number of hydrogen-bond acceptors (Lipinski definition) is 4. The van der Waals surface area contributed by atoms with Crippen LogP contribution in [0.25, 0.3) is 0 Å². The lowest BCUT2D eigenvalue weighted by molar-refractivity contribution is -0.137. The minimum Gasteiger partial charge on any atom is -0.315 e. The van der Waals surface area contributed by atoms with Gasteiger partial charge in [0, 0.05) is 19.1 Å². The predicted octanol–water partition coefficient (Wildman–Crippen LogP) is 2.76. The first kappa shape index (κ1) is 21.7. The molecule has 0 radical (unpaired) electrons. The molecule has 1 aromatic rings. The van der Waals surface area contributed by atoms with Gasteiger partial charge >= 0.3 is 6.18 Å². The maximum atomic E-state index is 12.9. The van der Waals surface area contributed by atoms with E-state index in [1.165, 1.54) is 10.4 Å². The molecule has 1 unspecified atom stereocenters. The molecule has 1 fully saturated rings. The van der Waals surface area contributed by atoms with Crippen molar-refractivity contribution in [2.75, 3.05) is 19.6 Å². The van der Waals surface area contributed by atoms with Crippen molar-refractivity contribution in [3.8, 4) is 6.07 Å². The molecule has 1 atom stereocenters. The number of sulfonamides is 1. The average molecular weight is 398 g/mol. The van der Waals surface area contributed by atoms with Gasteiger partial charge in [-0.2, -0.15) is 22.7 Å². The second-order valence-electron chi connectivity index (χ2n) is 5.58. The van der Waals surface area contributed by atoms with E-state index in [-0.39, 0.29) is 29.9 Å². The summed E-state index contributed by atoms with van der Waals surface area (Å²) in [5.41, 5.74) is -1.82. The van der Waals surface area contributed by atoms with E-state index in [0.717, 1.165) is 12.1 Å².